The van der Waals surface area contributed by atoms with Crippen molar-refractivity contribution in [3.63, 3.8) is 0 Å². The Bertz CT molecular complexity index is 971. The van der Waals surface area contributed by atoms with Crippen LogP contribution in [0.25, 0.3) is 0 Å². The van der Waals surface area contributed by atoms with Crippen LogP contribution in [0.1, 0.15) is 29.2 Å². The van der Waals surface area contributed by atoms with Crippen LogP contribution < -0.4 is 10.9 Å². The van der Waals surface area contributed by atoms with Crippen molar-refractivity contribution < 1.29 is 4.79 Å². The lowest BCUT2D eigenvalue weighted by Crippen LogP contribution is -2.48. The summed E-state index contributed by atoms with van der Waals surface area (Å²) in [6.45, 7) is 5.01. The standard InChI is InChI=1S/C22H25N3O2S2/c1-15-5-7-16(8-6-15)10-23-20(26)14-29-22(28)24-11-17-9-18(13-24)19-3-2-4-21(27)25(19)12-17/h2-8,17-18H,9-14H2,1H3,(H,23,26)/t17-,18+/m0/s1. The third-order valence-corrected chi connectivity index (χ3v) is 7.20. The van der Waals surface area contributed by atoms with E-state index in [2.05, 4.69) is 16.3 Å². The molecule has 1 aromatic heterocycles. The van der Waals surface area contributed by atoms with E-state index in [1.807, 2.05) is 41.8 Å². The minimum atomic E-state index is -0.00738. The Morgan fingerprint density at radius 2 is 1.97 bits per heavy atom. The topological polar surface area (TPSA) is 54.3 Å². The number of benzene rings is 1. The molecule has 1 aromatic carbocycles. The highest BCUT2D eigenvalue weighted by atomic mass is 32.2. The SMILES string of the molecule is Cc1ccc(CNC(=O)CSC(=S)N2C[C@@H]3C[C@H](C2)c2cccc(=O)n2C3)cc1. The summed E-state index contributed by atoms with van der Waals surface area (Å²) in [6.07, 6.45) is 1.10. The van der Waals surface area contributed by atoms with Gasteiger partial charge in [-0.2, -0.15) is 0 Å². The van der Waals surface area contributed by atoms with E-state index >= 15 is 0 Å². The van der Waals surface area contributed by atoms with Crippen LogP contribution in [0.5, 0.6) is 0 Å². The maximum atomic E-state index is 12.2. The molecule has 1 saturated heterocycles. The maximum absolute atomic E-state index is 12.2. The molecule has 0 aliphatic carbocycles. The van der Waals surface area contributed by atoms with E-state index in [-0.39, 0.29) is 11.5 Å². The molecule has 3 heterocycles. The number of pyridine rings is 1. The average Bonchev–Trinajstić information content (AvgIpc) is 2.72. The Morgan fingerprint density at radius 3 is 2.76 bits per heavy atom. The Balaban J connectivity index is 1.29. The first-order valence-corrected chi connectivity index (χ1v) is 11.3. The van der Waals surface area contributed by atoms with E-state index in [4.69, 9.17) is 12.2 Å². The second kappa shape index (κ2) is 8.71. The van der Waals surface area contributed by atoms with Crippen LogP contribution in [0.4, 0.5) is 0 Å². The van der Waals surface area contributed by atoms with Gasteiger partial charge < -0.3 is 14.8 Å². The highest BCUT2D eigenvalue weighted by Crippen LogP contribution is 2.35. The number of thioether (sulfide) groups is 1. The highest BCUT2D eigenvalue weighted by Gasteiger charge is 2.35. The normalized spacial score (nSPS) is 20.1. The first-order valence-electron chi connectivity index (χ1n) is 9.93. The molecule has 7 heteroatoms. The molecule has 4 rings (SSSR count). The number of rotatable bonds is 4. The summed E-state index contributed by atoms with van der Waals surface area (Å²) in [5, 5.41) is 2.96. The molecule has 0 saturated carbocycles. The van der Waals surface area contributed by atoms with Gasteiger partial charge in [0.15, 0.2) is 0 Å². The number of carbonyl (C=O) groups is 1. The zero-order valence-electron chi connectivity index (χ0n) is 16.5. The van der Waals surface area contributed by atoms with Gasteiger partial charge in [-0.05, 0) is 30.9 Å². The Hall–Kier alpha value is -2.12. The number of aromatic nitrogens is 1. The van der Waals surface area contributed by atoms with Gasteiger partial charge in [-0.15, -0.1) is 0 Å². The van der Waals surface area contributed by atoms with E-state index in [0.717, 1.165) is 41.6 Å². The van der Waals surface area contributed by atoms with Crippen LogP contribution in [-0.4, -0.2) is 38.5 Å². The van der Waals surface area contributed by atoms with Crippen LogP contribution in [0.3, 0.4) is 0 Å². The molecule has 2 aliphatic rings. The fourth-order valence-electron chi connectivity index (χ4n) is 4.22. The number of hydrogen-bond acceptors (Lipinski definition) is 4. The second-order valence-corrected chi connectivity index (χ2v) is 9.53. The summed E-state index contributed by atoms with van der Waals surface area (Å²) in [4.78, 5) is 26.6. The summed E-state index contributed by atoms with van der Waals surface area (Å²) in [6, 6.07) is 13.7. The van der Waals surface area contributed by atoms with E-state index in [9.17, 15) is 9.59 Å². The maximum Gasteiger partial charge on any atom is 0.250 e. The molecule has 2 aliphatic heterocycles. The number of carbonyl (C=O) groups excluding carboxylic acids is 1. The number of nitrogens with zero attached hydrogens (tertiary/aromatic N) is 2. The van der Waals surface area contributed by atoms with Gasteiger partial charge in [0.2, 0.25) is 5.91 Å². The molecule has 2 bridgehead atoms. The van der Waals surface area contributed by atoms with Gasteiger partial charge in [0.25, 0.3) is 5.56 Å². The number of amides is 1. The number of piperidine rings is 1. The van der Waals surface area contributed by atoms with Crippen molar-refractivity contribution in [2.75, 3.05) is 18.8 Å². The van der Waals surface area contributed by atoms with Gasteiger partial charge in [-0.25, -0.2) is 0 Å². The van der Waals surface area contributed by atoms with Gasteiger partial charge in [0.1, 0.15) is 4.32 Å². The molecule has 1 N–H and O–H groups in total. The van der Waals surface area contributed by atoms with Crippen molar-refractivity contribution in [1.82, 2.24) is 14.8 Å². The molecular formula is C22H25N3O2S2. The largest absolute Gasteiger partial charge is 0.356 e. The summed E-state index contributed by atoms with van der Waals surface area (Å²) < 4.78 is 2.70. The van der Waals surface area contributed by atoms with Crippen molar-refractivity contribution in [3.05, 3.63) is 69.6 Å². The smallest absolute Gasteiger partial charge is 0.250 e. The third-order valence-electron chi connectivity index (χ3n) is 5.67. The predicted octanol–water partition coefficient (Wildman–Crippen LogP) is 2.91. The predicted molar refractivity (Wildman–Crippen MR) is 121 cm³/mol. The summed E-state index contributed by atoms with van der Waals surface area (Å²) >= 11 is 7.06. The van der Waals surface area contributed by atoms with Crippen molar-refractivity contribution in [1.29, 1.82) is 0 Å². The molecule has 0 radical (unpaired) electrons. The lowest BCUT2D eigenvalue weighted by atomic mass is 9.83. The van der Waals surface area contributed by atoms with Crippen LogP contribution in [0, 0.1) is 12.8 Å². The molecule has 1 amide bonds. The number of thiocarbonyl (C=S) groups is 1. The number of hydrogen-bond donors (Lipinski definition) is 1. The third kappa shape index (κ3) is 4.73. The first kappa shape index (κ1) is 20.2. The van der Waals surface area contributed by atoms with E-state index < -0.39 is 0 Å². The van der Waals surface area contributed by atoms with Gasteiger partial charge in [-0.1, -0.05) is 59.9 Å². The number of fused-ring (bicyclic) bond motifs is 4. The quantitative estimate of drug-likeness (QED) is 0.761. The first-order chi connectivity index (χ1) is 14.0. The van der Waals surface area contributed by atoms with Crippen LogP contribution in [0.15, 0.2) is 47.3 Å². The Morgan fingerprint density at radius 1 is 1.17 bits per heavy atom. The molecule has 0 unspecified atom stereocenters. The van der Waals surface area contributed by atoms with Gasteiger partial charge in [0, 0.05) is 43.9 Å². The minimum Gasteiger partial charge on any atom is -0.356 e. The van der Waals surface area contributed by atoms with Crippen molar-refractivity contribution in [3.8, 4) is 0 Å². The van der Waals surface area contributed by atoms with E-state index in [0.29, 0.717) is 24.1 Å². The van der Waals surface area contributed by atoms with Crippen LogP contribution in [0.2, 0.25) is 0 Å². The Kier molecular flexibility index (Phi) is 6.06. The van der Waals surface area contributed by atoms with E-state index in [1.165, 1.54) is 17.3 Å². The molecule has 0 spiro atoms. The Labute approximate surface area is 180 Å². The summed E-state index contributed by atoms with van der Waals surface area (Å²) in [7, 11) is 0. The molecular weight excluding hydrogens is 402 g/mol. The zero-order valence-corrected chi connectivity index (χ0v) is 18.1. The number of nitrogens with one attached hydrogen (secondary N) is 1. The highest BCUT2D eigenvalue weighted by molar-refractivity contribution is 8.23. The van der Waals surface area contributed by atoms with Crippen LogP contribution in [-0.2, 0) is 17.9 Å². The van der Waals surface area contributed by atoms with Crippen molar-refractivity contribution >= 4 is 34.2 Å². The van der Waals surface area contributed by atoms with Crippen LogP contribution >= 0.6 is 24.0 Å². The fourth-order valence-corrected chi connectivity index (χ4v) is 5.24. The minimum absolute atomic E-state index is 0.00738. The van der Waals surface area contributed by atoms with Gasteiger partial charge in [-0.3, -0.25) is 9.59 Å². The summed E-state index contributed by atoms with van der Waals surface area (Å²) in [5.74, 6) is 1.07. The second-order valence-electron chi connectivity index (χ2n) is 7.92. The average molecular weight is 428 g/mol. The van der Waals surface area contributed by atoms with E-state index in [1.54, 1.807) is 6.07 Å². The monoisotopic (exact) mass is 427 g/mol. The van der Waals surface area contributed by atoms with Gasteiger partial charge in [0.05, 0.1) is 5.75 Å². The zero-order chi connectivity index (χ0) is 20.4. The number of aryl methyl sites for hydroxylation is 1. The molecule has 152 valence electrons. The molecule has 29 heavy (non-hydrogen) atoms. The molecule has 1 fully saturated rings. The fraction of sp³-hybridized carbons (Fsp3) is 0.409. The molecule has 5 nitrogen and oxygen atoms in total. The van der Waals surface area contributed by atoms with Crippen molar-refractivity contribution in [2.45, 2.75) is 32.4 Å². The van der Waals surface area contributed by atoms with Gasteiger partial charge >= 0.3 is 0 Å². The summed E-state index contributed by atoms with van der Waals surface area (Å²) in [5.41, 5.74) is 3.50. The molecule has 2 atom stereocenters. The lowest BCUT2D eigenvalue weighted by Gasteiger charge is -2.43. The molecule has 2 aromatic rings. The number of likely N-dealkylation sites (tertiary alicyclic amines) is 1. The lowest BCUT2D eigenvalue weighted by molar-refractivity contribution is -0.118. The van der Waals surface area contributed by atoms with Crippen molar-refractivity contribution in [2.24, 2.45) is 5.92 Å².